The number of fused-ring (bicyclic) bond motifs is 1. The average molecular weight is 312 g/mol. The highest BCUT2D eigenvalue weighted by Crippen LogP contribution is 2.24. The molecular formula is C15H10BrN3. The van der Waals surface area contributed by atoms with Crippen LogP contribution in [0.15, 0.2) is 48.8 Å². The van der Waals surface area contributed by atoms with Gasteiger partial charge in [-0.15, -0.1) is 0 Å². The number of para-hydroxylation sites is 2. The maximum absolute atomic E-state index is 9.20. The first-order valence-corrected chi connectivity index (χ1v) is 6.97. The molecule has 2 aromatic carbocycles. The van der Waals surface area contributed by atoms with Gasteiger partial charge in [0, 0.05) is 5.33 Å². The van der Waals surface area contributed by atoms with Gasteiger partial charge in [-0.3, -0.25) is 4.57 Å². The van der Waals surface area contributed by atoms with Crippen molar-refractivity contribution >= 4 is 27.0 Å². The lowest BCUT2D eigenvalue weighted by molar-refractivity contribution is 1.08. The van der Waals surface area contributed by atoms with E-state index in [4.69, 9.17) is 0 Å². The van der Waals surface area contributed by atoms with Crippen LogP contribution in [0.1, 0.15) is 11.1 Å². The molecule has 0 unspecified atom stereocenters. The molecule has 0 amide bonds. The molecule has 1 aromatic heterocycles. The highest BCUT2D eigenvalue weighted by Gasteiger charge is 2.10. The van der Waals surface area contributed by atoms with E-state index in [9.17, 15) is 5.26 Å². The summed E-state index contributed by atoms with van der Waals surface area (Å²) in [7, 11) is 0. The molecule has 4 heteroatoms. The first-order chi connectivity index (χ1) is 9.35. The Morgan fingerprint density at radius 1 is 1.16 bits per heavy atom. The summed E-state index contributed by atoms with van der Waals surface area (Å²) in [5.41, 5.74) is 4.63. The van der Waals surface area contributed by atoms with Crippen molar-refractivity contribution in [2.75, 3.05) is 0 Å². The van der Waals surface area contributed by atoms with Crippen LogP contribution in [0.5, 0.6) is 0 Å². The molecule has 0 atom stereocenters. The number of alkyl halides is 1. The van der Waals surface area contributed by atoms with Crippen molar-refractivity contribution in [2.24, 2.45) is 0 Å². The van der Waals surface area contributed by atoms with Crippen LogP contribution in [-0.2, 0) is 5.33 Å². The summed E-state index contributed by atoms with van der Waals surface area (Å²) in [5.74, 6) is 0. The molecule has 3 rings (SSSR count). The fourth-order valence-electron chi connectivity index (χ4n) is 2.18. The van der Waals surface area contributed by atoms with E-state index in [2.05, 4.69) is 27.0 Å². The first-order valence-electron chi connectivity index (χ1n) is 5.85. The lowest BCUT2D eigenvalue weighted by atomic mass is 10.1. The van der Waals surface area contributed by atoms with Crippen LogP contribution in [0.3, 0.4) is 0 Å². The largest absolute Gasteiger partial charge is 0.297 e. The average Bonchev–Trinajstić information content (AvgIpc) is 2.90. The zero-order chi connectivity index (χ0) is 13.2. The number of imidazole rings is 1. The Balaban J connectivity index is 2.30. The van der Waals surface area contributed by atoms with Crippen LogP contribution < -0.4 is 0 Å². The molecule has 0 aliphatic rings. The van der Waals surface area contributed by atoms with Gasteiger partial charge >= 0.3 is 0 Å². The van der Waals surface area contributed by atoms with E-state index in [1.165, 1.54) is 0 Å². The lowest BCUT2D eigenvalue weighted by Crippen LogP contribution is -1.95. The molecule has 0 bridgehead atoms. The number of hydrogen-bond donors (Lipinski definition) is 0. The second-order valence-electron chi connectivity index (χ2n) is 4.16. The van der Waals surface area contributed by atoms with Crippen LogP contribution in [0, 0.1) is 11.3 Å². The molecule has 3 nitrogen and oxygen atoms in total. The van der Waals surface area contributed by atoms with Gasteiger partial charge in [0.05, 0.1) is 22.3 Å². The molecule has 92 valence electrons. The minimum Gasteiger partial charge on any atom is -0.297 e. The highest BCUT2D eigenvalue weighted by molar-refractivity contribution is 9.08. The van der Waals surface area contributed by atoms with Gasteiger partial charge in [-0.05, 0) is 23.8 Å². The van der Waals surface area contributed by atoms with Gasteiger partial charge in [0.25, 0.3) is 0 Å². The molecule has 3 aromatic rings. The number of nitriles is 1. The minimum atomic E-state index is 0.644. The van der Waals surface area contributed by atoms with Crippen LogP contribution >= 0.6 is 15.9 Å². The van der Waals surface area contributed by atoms with Crippen molar-refractivity contribution in [1.29, 1.82) is 5.26 Å². The predicted molar refractivity (Wildman–Crippen MR) is 78.4 cm³/mol. The molecule has 0 fully saturated rings. The Morgan fingerprint density at radius 3 is 2.79 bits per heavy atom. The third-order valence-corrected chi connectivity index (χ3v) is 3.69. The fraction of sp³-hybridized carbons (Fsp3) is 0.0667. The maximum atomic E-state index is 9.20. The van der Waals surface area contributed by atoms with E-state index >= 15 is 0 Å². The number of hydrogen-bond acceptors (Lipinski definition) is 2. The normalized spacial score (nSPS) is 10.5. The molecule has 0 aliphatic carbocycles. The maximum Gasteiger partial charge on any atom is 0.101 e. The van der Waals surface area contributed by atoms with Crippen molar-refractivity contribution in [3.63, 3.8) is 0 Å². The van der Waals surface area contributed by atoms with E-state index in [-0.39, 0.29) is 0 Å². The van der Waals surface area contributed by atoms with Crippen LogP contribution in [-0.4, -0.2) is 9.55 Å². The SMILES string of the molecule is N#Cc1ccccc1-n1cnc2c(CBr)cccc21. The number of nitrogens with zero attached hydrogens (tertiary/aromatic N) is 3. The van der Waals surface area contributed by atoms with E-state index in [0.29, 0.717) is 5.56 Å². The molecular weight excluding hydrogens is 302 g/mol. The molecule has 0 aliphatic heterocycles. The Bertz CT molecular complexity index is 783. The van der Waals surface area contributed by atoms with Gasteiger partial charge in [0.2, 0.25) is 0 Å². The monoisotopic (exact) mass is 311 g/mol. The van der Waals surface area contributed by atoms with E-state index in [0.717, 1.165) is 27.6 Å². The Labute approximate surface area is 119 Å². The van der Waals surface area contributed by atoms with Crippen LogP contribution in [0.25, 0.3) is 16.7 Å². The summed E-state index contributed by atoms with van der Waals surface area (Å²) < 4.78 is 1.96. The van der Waals surface area contributed by atoms with E-state index in [1.807, 2.05) is 47.0 Å². The van der Waals surface area contributed by atoms with Gasteiger partial charge < -0.3 is 0 Å². The summed E-state index contributed by atoms with van der Waals surface area (Å²) in [6.45, 7) is 0. The Kier molecular flexibility index (Phi) is 3.06. The fourth-order valence-corrected chi connectivity index (χ4v) is 2.63. The molecule has 0 radical (unpaired) electrons. The smallest absolute Gasteiger partial charge is 0.101 e. The number of halogens is 1. The third kappa shape index (κ3) is 1.92. The summed E-state index contributed by atoms with van der Waals surface area (Å²) in [6, 6.07) is 15.8. The first kappa shape index (κ1) is 11.9. The van der Waals surface area contributed by atoms with Crippen molar-refractivity contribution < 1.29 is 0 Å². The zero-order valence-corrected chi connectivity index (χ0v) is 11.6. The second kappa shape index (κ2) is 4.87. The van der Waals surface area contributed by atoms with Gasteiger partial charge in [0.15, 0.2) is 0 Å². The van der Waals surface area contributed by atoms with Gasteiger partial charge in [-0.2, -0.15) is 5.26 Å². The summed E-state index contributed by atoms with van der Waals surface area (Å²) in [5, 5.41) is 9.96. The minimum absolute atomic E-state index is 0.644. The van der Waals surface area contributed by atoms with Gasteiger partial charge in [0.1, 0.15) is 12.4 Å². The van der Waals surface area contributed by atoms with Crippen LogP contribution in [0.4, 0.5) is 0 Å². The summed E-state index contributed by atoms with van der Waals surface area (Å²) in [6.07, 6.45) is 1.77. The summed E-state index contributed by atoms with van der Waals surface area (Å²) in [4.78, 5) is 4.46. The standard InChI is InChI=1S/C15H10BrN3/c16-8-11-5-3-7-14-15(11)18-10-19(14)13-6-2-1-4-12(13)9-17/h1-7,10H,8H2. The third-order valence-electron chi connectivity index (χ3n) is 3.09. The highest BCUT2D eigenvalue weighted by atomic mass is 79.9. The van der Waals surface area contributed by atoms with Gasteiger partial charge in [-0.25, -0.2) is 4.98 Å². The molecule has 0 saturated heterocycles. The summed E-state index contributed by atoms with van der Waals surface area (Å²) >= 11 is 3.47. The zero-order valence-electron chi connectivity index (χ0n) is 10.0. The second-order valence-corrected chi connectivity index (χ2v) is 4.72. The van der Waals surface area contributed by atoms with Crippen molar-refractivity contribution in [2.45, 2.75) is 5.33 Å². The molecule has 19 heavy (non-hydrogen) atoms. The Hall–Kier alpha value is -2.12. The van der Waals surface area contributed by atoms with Crippen molar-refractivity contribution in [3.05, 3.63) is 59.9 Å². The number of rotatable bonds is 2. The molecule has 1 heterocycles. The number of benzene rings is 2. The van der Waals surface area contributed by atoms with E-state index in [1.54, 1.807) is 6.33 Å². The van der Waals surface area contributed by atoms with Crippen molar-refractivity contribution in [3.8, 4) is 11.8 Å². The van der Waals surface area contributed by atoms with Crippen LogP contribution in [0.2, 0.25) is 0 Å². The molecule has 0 saturated carbocycles. The van der Waals surface area contributed by atoms with Gasteiger partial charge in [-0.1, -0.05) is 40.2 Å². The molecule has 0 spiro atoms. The molecule has 0 N–H and O–H groups in total. The van der Waals surface area contributed by atoms with E-state index < -0.39 is 0 Å². The van der Waals surface area contributed by atoms with Crippen molar-refractivity contribution in [1.82, 2.24) is 9.55 Å². The predicted octanol–water partition coefficient (Wildman–Crippen LogP) is 3.79. The topological polar surface area (TPSA) is 41.6 Å². The quantitative estimate of drug-likeness (QED) is 0.676. The Morgan fingerprint density at radius 2 is 2.00 bits per heavy atom. The number of aromatic nitrogens is 2. The lowest BCUT2D eigenvalue weighted by Gasteiger charge is -2.06.